The van der Waals surface area contributed by atoms with E-state index in [9.17, 15) is 8.42 Å². The van der Waals surface area contributed by atoms with E-state index < -0.39 is 10.0 Å². The molecule has 1 saturated heterocycles. The number of hydrogen-bond acceptors (Lipinski definition) is 4. The summed E-state index contributed by atoms with van der Waals surface area (Å²) in [6.07, 6.45) is 1.85. The van der Waals surface area contributed by atoms with Gasteiger partial charge in [0.2, 0.25) is 10.0 Å². The second kappa shape index (κ2) is 6.45. The summed E-state index contributed by atoms with van der Waals surface area (Å²) in [5.41, 5.74) is 0. The van der Waals surface area contributed by atoms with Gasteiger partial charge in [-0.1, -0.05) is 0 Å². The van der Waals surface area contributed by atoms with Crippen molar-refractivity contribution in [1.82, 2.24) is 4.31 Å². The van der Waals surface area contributed by atoms with Crippen molar-refractivity contribution in [2.75, 3.05) is 26.3 Å². The predicted molar refractivity (Wildman–Crippen MR) is 76.8 cm³/mol. The van der Waals surface area contributed by atoms with E-state index >= 15 is 0 Å². The first-order chi connectivity index (χ1) is 9.59. The van der Waals surface area contributed by atoms with E-state index in [-0.39, 0.29) is 4.90 Å². The van der Waals surface area contributed by atoms with Gasteiger partial charge in [-0.25, -0.2) is 8.42 Å². The lowest BCUT2D eigenvalue weighted by Crippen LogP contribution is -2.27. The van der Waals surface area contributed by atoms with Crippen LogP contribution in [0.4, 0.5) is 0 Å². The van der Waals surface area contributed by atoms with E-state index in [4.69, 9.17) is 9.47 Å². The molecule has 112 valence electrons. The fourth-order valence-corrected chi connectivity index (χ4v) is 3.80. The van der Waals surface area contributed by atoms with Crippen LogP contribution in [0, 0.1) is 0 Å². The van der Waals surface area contributed by atoms with Crippen LogP contribution in [0.25, 0.3) is 0 Å². The molecule has 20 heavy (non-hydrogen) atoms. The normalized spacial score (nSPS) is 16.3. The highest BCUT2D eigenvalue weighted by atomic mass is 32.2. The molecule has 2 rings (SSSR count). The van der Waals surface area contributed by atoms with Gasteiger partial charge in [-0.2, -0.15) is 4.31 Å². The number of rotatable bonds is 6. The highest BCUT2D eigenvalue weighted by Gasteiger charge is 2.28. The maximum atomic E-state index is 12.5. The molecule has 0 amide bonds. The van der Waals surface area contributed by atoms with Crippen molar-refractivity contribution in [3.05, 3.63) is 18.2 Å². The number of nitrogens with zero attached hydrogens (tertiary/aromatic N) is 1. The molecule has 0 aromatic heterocycles. The van der Waals surface area contributed by atoms with Crippen LogP contribution in [0.5, 0.6) is 11.5 Å². The van der Waals surface area contributed by atoms with Gasteiger partial charge in [0.15, 0.2) is 11.5 Å². The second-order valence-corrected chi connectivity index (χ2v) is 6.52. The van der Waals surface area contributed by atoms with Crippen molar-refractivity contribution < 1.29 is 17.9 Å². The molecule has 0 N–H and O–H groups in total. The Morgan fingerprint density at radius 2 is 1.65 bits per heavy atom. The molecule has 1 fully saturated rings. The van der Waals surface area contributed by atoms with Gasteiger partial charge < -0.3 is 9.47 Å². The Bertz CT molecular complexity index is 550. The lowest BCUT2D eigenvalue weighted by Gasteiger charge is -2.17. The van der Waals surface area contributed by atoms with E-state index in [0.29, 0.717) is 37.8 Å². The van der Waals surface area contributed by atoms with E-state index in [1.54, 1.807) is 18.2 Å². The van der Waals surface area contributed by atoms with Crippen LogP contribution in [0.2, 0.25) is 0 Å². The SMILES string of the molecule is CCOc1ccc(S(=O)(=O)N2CCCC2)cc1OCC. The van der Waals surface area contributed by atoms with Crippen LogP contribution in [0.1, 0.15) is 26.7 Å². The molecule has 1 aliphatic rings. The molecule has 0 atom stereocenters. The average Bonchev–Trinajstić information content (AvgIpc) is 2.96. The molecule has 5 nitrogen and oxygen atoms in total. The largest absolute Gasteiger partial charge is 0.490 e. The number of benzene rings is 1. The maximum Gasteiger partial charge on any atom is 0.243 e. The molecule has 1 aromatic carbocycles. The monoisotopic (exact) mass is 299 g/mol. The Morgan fingerprint density at radius 3 is 2.25 bits per heavy atom. The Balaban J connectivity index is 2.34. The standard InChI is InChI=1S/C14H21NO4S/c1-3-18-13-8-7-12(11-14(13)19-4-2)20(16,17)15-9-5-6-10-15/h7-8,11H,3-6,9-10H2,1-2H3. The van der Waals surface area contributed by atoms with E-state index in [2.05, 4.69) is 0 Å². The van der Waals surface area contributed by atoms with Gasteiger partial charge in [-0.15, -0.1) is 0 Å². The van der Waals surface area contributed by atoms with Crippen molar-refractivity contribution in [2.45, 2.75) is 31.6 Å². The molecule has 0 spiro atoms. The lowest BCUT2D eigenvalue weighted by atomic mass is 10.3. The van der Waals surface area contributed by atoms with E-state index in [0.717, 1.165) is 12.8 Å². The zero-order valence-corrected chi connectivity index (χ0v) is 12.8. The molecule has 1 aromatic rings. The minimum Gasteiger partial charge on any atom is -0.490 e. The minimum absolute atomic E-state index is 0.270. The molecule has 0 radical (unpaired) electrons. The molecular weight excluding hydrogens is 278 g/mol. The third-order valence-electron chi connectivity index (χ3n) is 3.22. The molecule has 6 heteroatoms. The fourth-order valence-electron chi connectivity index (χ4n) is 2.27. The summed E-state index contributed by atoms with van der Waals surface area (Å²) in [6, 6.07) is 4.81. The summed E-state index contributed by atoms with van der Waals surface area (Å²) >= 11 is 0. The smallest absolute Gasteiger partial charge is 0.243 e. The summed E-state index contributed by atoms with van der Waals surface area (Å²) in [6.45, 7) is 5.91. The summed E-state index contributed by atoms with van der Waals surface area (Å²) in [7, 11) is -3.41. The Morgan fingerprint density at radius 1 is 1.05 bits per heavy atom. The van der Waals surface area contributed by atoms with Gasteiger partial charge in [0.1, 0.15) is 0 Å². The fraction of sp³-hybridized carbons (Fsp3) is 0.571. The van der Waals surface area contributed by atoms with Crippen LogP contribution in [0.3, 0.4) is 0 Å². The molecule has 0 unspecified atom stereocenters. The number of ether oxygens (including phenoxy) is 2. The summed E-state index contributed by atoms with van der Waals surface area (Å²) < 4.78 is 37.4. The van der Waals surface area contributed by atoms with Gasteiger partial charge in [-0.3, -0.25) is 0 Å². The van der Waals surface area contributed by atoms with Gasteiger partial charge >= 0.3 is 0 Å². The number of sulfonamides is 1. The third-order valence-corrected chi connectivity index (χ3v) is 5.11. The van der Waals surface area contributed by atoms with Crippen molar-refractivity contribution in [1.29, 1.82) is 0 Å². The third kappa shape index (κ3) is 3.07. The molecular formula is C14H21NO4S. The topological polar surface area (TPSA) is 55.8 Å². The molecule has 0 saturated carbocycles. The van der Waals surface area contributed by atoms with Gasteiger partial charge in [0.25, 0.3) is 0 Å². The molecule has 1 heterocycles. The van der Waals surface area contributed by atoms with Crippen molar-refractivity contribution in [3.8, 4) is 11.5 Å². The Kier molecular flexibility index (Phi) is 4.88. The highest BCUT2D eigenvalue weighted by Crippen LogP contribution is 2.32. The average molecular weight is 299 g/mol. The van der Waals surface area contributed by atoms with Crippen LogP contribution < -0.4 is 9.47 Å². The zero-order valence-electron chi connectivity index (χ0n) is 12.0. The van der Waals surface area contributed by atoms with Crippen LogP contribution in [-0.4, -0.2) is 39.0 Å². The van der Waals surface area contributed by atoms with Crippen LogP contribution in [-0.2, 0) is 10.0 Å². The lowest BCUT2D eigenvalue weighted by molar-refractivity contribution is 0.287. The quantitative estimate of drug-likeness (QED) is 0.808. The molecule has 0 bridgehead atoms. The van der Waals surface area contributed by atoms with Crippen molar-refractivity contribution in [2.24, 2.45) is 0 Å². The van der Waals surface area contributed by atoms with Crippen LogP contribution in [0.15, 0.2) is 23.1 Å². The second-order valence-electron chi connectivity index (χ2n) is 4.59. The van der Waals surface area contributed by atoms with Gasteiger partial charge in [-0.05, 0) is 38.8 Å². The van der Waals surface area contributed by atoms with Crippen molar-refractivity contribution in [3.63, 3.8) is 0 Å². The van der Waals surface area contributed by atoms with Crippen molar-refractivity contribution >= 4 is 10.0 Å². The van der Waals surface area contributed by atoms with Gasteiger partial charge in [0, 0.05) is 19.2 Å². The Labute approximate surface area is 120 Å². The van der Waals surface area contributed by atoms with Gasteiger partial charge in [0.05, 0.1) is 18.1 Å². The van der Waals surface area contributed by atoms with Crippen LogP contribution >= 0.6 is 0 Å². The van der Waals surface area contributed by atoms with E-state index in [1.165, 1.54) is 4.31 Å². The summed E-state index contributed by atoms with van der Waals surface area (Å²) in [5.74, 6) is 1.06. The first-order valence-corrected chi connectivity index (χ1v) is 8.43. The zero-order chi connectivity index (χ0) is 14.6. The first kappa shape index (κ1) is 15.1. The first-order valence-electron chi connectivity index (χ1n) is 6.99. The summed E-state index contributed by atoms with van der Waals surface area (Å²) in [5, 5.41) is 0. The Hall–Kier alpha value is -1.27. The molecule has 1 aliphatic heterocycles. The van der Waals surface area contributed by atoms with E-state index in [1.807, 2.05) is 13.8 Å². The minimum atomic E-state index is -3.41. The maximum absolute atomic E-state index is 12.5. The summed E-state index contributed by atoms with van der Waals surface area (Å²) in [4.78, 5) is 0.270. The highest BCUT2D eigenvalue weighted by molar-refractivity contribution is 7.89. The molecule has 0 aliphatic carbocycles. The number of hydrogen-bond donors (Lipinski definition) is 0. The predicted octanol–water partition coefficient (Wildman–Crippen LogP) is 2.27.